The number of benzene rings is 1. The number of amidine groups is 1. The molecule has 0 amide bonds. The quantitative estimate of drug-likeness (QED) is 0.388. The normalized spacial score (nSPS) is 16.0. The maximum Gasteiger partial charge on any atom is 0.173 e. The molecule has 0 spiro atoms. The van der Waals surface area contributed by atoms with Gasteiger partial charge < -0.3 is 15.8 Å². The summed E-state index contributed by atoms with van der Waals surface area (Å²) in [4.78, 5) is 2.16. The van der Waals surface area contributed by atoms with Crippen molar-refractivity contribution >= 4 is 27.5 Å². The van der Waals surface area contributed by atoms with Gasteiger partial charge in [0, 0.05) is 23.8 Å². The zero-order chi connectivity index (χ0) is 12.4. The van der Waals surface area contributed by atoms with E-state index in [4.69, 9.17) is 10.9 Å². The molecule has 5 heteroatoms. The van der Waals surface area contributed by atoms with Crippen molar-refractivity contribution in [2.45, 2.75) is 12.8 Å². The number of hydrogen-bond donors (Lipinski definition) is 2. The van der Waals surface area contributed by atoms with Crippen LogP contribution >= 0.6 is 15.9 Å². The first-order valence-corrected chi connectivity index (χ1v) is 6.40. The van der Waals surface area contributed by atoms with Gasteiger partial charge in [-0.25, -0.2) is 0 Å². The minimum atomic E-state index is 0.134. The molecule has 1 aliphatic carbocycles. The predicted molar refractivity (Wildman–Crippen MR) is 72.6 cm³/mol. The Kier molecular flexibility index (Phi) is 3.57. The van der Waals surface area contributed by atoms with Gasteiger partial charge in [0.2, 0.25) is 0 Å². The van der Waals surface area contributed by atoms with Gasteiger partial charge in [-0.1, -0.05) is 11.2 Å². The first-order valence-electron chi connectivity index (χ1n) is 5.61. The first-order chi connectivity index (χ1) is 8.13. The molecule has 0 aromatic heterocycles. The second-order valence-corrected chi connectivity index (χ2v) is 5.30. The number of nitrogens with zero attached hydrogens (tertiary/aromatic N) is 2. The van der Waals surface area contributed by atoms with E-state index in [2.05, 4.69) is 26.0 Å². The first kappa shape index (κ1) is 12.2. The molecule has 92 valence electrons. The summed E-state index contributed by atoms with van der Waals surface area (Å²) in [5, 5.41) is 11.9. The molecule has 2 rings (SSSR count). The summed E-state index contributed by atoms with van der Waals surface area (Å²) < 4.78 is 0.841. The number of rotatable bonds is 4. The number of hydrogen-bond acceptors (Lipinski definition) is 3. The highest BCUT2D eigenvalue weighted by Crippen LogP contribution is 2.33. The third-order valence-corrected chi connectivity index (χ3v) is 3.66. The highest BCUT2D eigenvalue weighted by Gasteiger charge is 2.24. The van der Waals surface area contributed by atoms with Crippen LogP contribution in [0.1, 0.15) is 18.4 Å². The minimum Gasteiger partial charge on any atom is -0.409 e. The van der Waals surface area contributed by atoms with Crippen LogP contribution < -0.4 is 10.6 Å². The average molecular weight is 298 g/mol. The van der Waals surface area contributed by atoms with Crippen molar-refractivity contribution < 1.29 is 5.21 Å². The van der Waals surface area contributed by atoms with Crippen molar-refractivity contribution in [1.82, 2.24) is 0 Å². The lowest BCUT2D eigenvalue weighted by atomic mass is 10.1. The molecule has 0 radical (unpaired) electrons. The summed E-state index contributed by atoms with van der Waals surface area (Å²) in [6.07, 6.45) is 2.61. The van der Waals surface area contributed by atoms with Crippen LogP contribution in [0.5, 0.6) is 0 Å². The molecule has 0 atom stereocenters. The Labute approximate surface area is 109 Å². The maximum absolute atomic E-state index is 8.84. The molecule has 0 bridgehead atoms. The fraction of sp³-hybridized carbons (Fsp3) is 0.417. The van der Waals surface area contributed by atoms with Crippen LogP contribution in [-0.2, 0) is 0 Å². The van der Waals surface area contributed by atoms with Crippen LogP contribution in [0.2, 0.25) is 0 Å². The van der Waals surface area contributed by atoms with E-state index in [0.717, 1.165) is 28.2 Å². The zero-order valence-corrected chi connectivity index (χ0v) is 11.3. The summed E-state index contributed by atoms with van der Waals surface area (Å²) in [5.41, 5.74) is 7.46. The Bertz CT molecular complexity index is 443. The second kappa shape index (κ2) is 4.96. The molecular formula is C12H16BrN3O. The van der Waals surface area contributed by atoms with E-state index in [1.165, 1.54) is 12.8 Å². The van der Waals surface area contributed by atoms with Crippen molar-refractivity contribution in [3.63, 3.8) is 0 Å². The molecule has 1 aromatic carbocycles. The molecule has 1 aliphatic rings. The molecule has 17 heavy (non-hydrogen) atoms. The monoisotopic (exact) mass is 297 g/mol. The van der Waals surface area contributed by atoms with Gasteiger partial charge >= 0.3 is 0 Å². The third kappa shape index (κ3) is 2.72. The average Bonchev–Trinajstić information content (AvgIpc) is 3.11. The zero-order valence-electron chi connectivity index (χ0n) is 9.73. The van der Waals surface area contributed by atoms with Crippen LogP contribution in [0.4, 0.5) is 5.69 Å². The van der Waals surface area contributed by atoms with Crippen molar-refractivity contribution in [2.24, 2.45) is 16.8 Å². The maximum atomic E-state index is 8.84. The van der Waals surface area contributed by atoms with Gasteiger partial charge in [0.25, 0.3) is 0 Å². The van der Waals surface area contributed by atoms with Gasteiger partial charge in [0.05, 0.1) is 5.56 Å². The molecule has 1 saturated carbocycles. The largest absolute Gasteiger partial charge is 0.409 e. The van der Waals surface area contributed by atoms with E-state index < -0.39 is 0 Å². The van der Waals surface area contributed by atoms with Gasteiger partial charge in [-0.15, -0.1) is 0 Å². The molecule has 0 heterocycles. The number of nitrogens with two attached hydrogens (primary N) is 1. The smallest absolute Gasteiger partial charge is 0.173 e. The fourth-order valence-electron chi connectivity index (χ4n) is 1.92. The van der Waals surface area contributed by atoms with Crippen LogP contribution in [0.25, 0.3) is 0 Å². The van der Waals surface area contributed by atoms with Gasteiger partial charge in [-0.05, 0) is 46.8 Å². The topological polar surface area (TPSA) is 61.8 Å². The van der Waals surface area contributed by atoms with Crippen molar-refractivity contribution in [2.75, 3.05) is 18.5 Å². The molecule has 4 nitrogen and oxygen atoms in total. The molecule has 3 N–H and O–H groups in total. The highest BCUT2D eigenvalue weighted by molar-refractivity contribution is 9.10. The van der Waals surface area contributed by atoms with Crippen LogP contribution in [0.3, 0.4) is 0 Å². The highest BCUT2D eigenvalue weighted by atomic mass is 79.9. The Hall–Kier alpha value is -1.23. The van der Waals surface area contributed by atoms with Crippen molar-refractivity contribution in [3.05, 3.63) is 28.2 Å². The number of oxime groups is 1. The van der Waals surface area contributed by atoms with Crippen molar-refractivity contribution in [3.8, 4) is 0 Å². The van der Waals surface area contributed by atoms with E-state index in [1.807, 2.05) is 25.2 Å². The van der Waals surface area contributed by atoms with Gasteiger partial charge in [0.15, 0.2) is 5.84 Å². The molecular weight excluding hydrogens is 282 g/mol. The van der Waals surface area contributed by atoms with E-state index in [1.54, 1.807) is 0 Å². The van der Waals surface area contributed by atoms with Gasteiger partial charge in [-0.3, -0.25) is 0 Å². The van der Waals surface area contributed by atoms with Gasteiger partial charge in [0.1, 0.15) is 0 Å². The molecule has 0 unspecified atom stereocenters. The summed E-state index contributed by atoms with van der Waals surface area (Å²) in [6.45, 7) is 1.02. The van der Waals surface area contributed by atoms with E-state index in [9.17, 15) is 0 Å². The van der Waals surface area contributed by atoms with E-state index in [0.29, 0.717) is 0 Å². The fourth-order valence-corrected chi connectivity index (χ4v) is 2.48. The Morgan fingerprint density at radius 3 is 2.88 bits per heavy atom. The molecule has 0 saturated heterocycles. The SMILES string of the molecule is CN(CC1CC1)c1cccc(Br)c1/C(N)=N/O. The Morgan fingerprint density at radius 1 is 1.59 bits per heavy atom. The standard InChI is InChI=1S/C12H16BrN3O/c1-16(7-8-5-6-8)10-4-2-3-9(13)11(10)12(14)15-17/h2-4,8,17H,5-7H2,1H3,(H2,14,15). The summed E-state index contributed by atoms with van der Waals surface area (Å²) >= 11 is 3.44. The van der Waals surface area contributed by atoms with Crippen LogP contribution in [0.15, 0.2) is 27.8 Å². The van der Waals surface area contributed by atoms with Gasteiger partial charge in [-0.2, -0.15) is 0 Å². The summed E-state index contributed by atoms with van der Waals surface area (Å²) in [6, 6.07) is 5.83. The predicted octanol–water partition coefficient (Wildman–Crippen LogP) is 2.39. The number of anilines is 1. The van der Waals surface area contributed by atoms with E-state index in [-0.39, 0.29) is 5.84 Å². The molecule has 1 aromatic rings. The lowest BCUT2D eigenvalue weighted by molar-refractivity contribution is 0.318. The Morgan fingerprint density at radius 2 is 2.29 bits per heavy atom. The minimum absolute atomic E-state index is 0.134. The summed E-state index contributed by atoms with van der Waals surface area (Å²) in [7, 11) is 2.04. The van der Waals surface area contributed by atoms with E-state index >= 15 is 0 Å². The lowest BCUT2D eigenvalue weighted by Crippen LogP contribution is -2.25. The second-order valence-electron chi connectivity index (χ2n) is 4.44. The van der Waals surface area contributed by atoms with Crippen LogP contribution in [0, 0.1) is 5.92 Å². The summed E-state index contributed by atoms with van der Waals surface area (Å²) in [5.74, 6) is 0.925. The lowest BCUT2D eigenvalue weighted by Gasteiger charge is -2.22. The molecule has 0 aliphatic heterocycles. The number of halogens is 1. The third-order valence-electron chi connectivity index (χ3n) is 3.00. The molecule has 1 fully saturated rings. The van der Waals surface area contributed by atoms with Crippen LogP contribution in [-0.4, -0.2) is 24.6 Å². The van der Waals surface area contributed by atoms with Crippen molar-refractivity contribution in [1.29, 1.82) is 0 Å². The Balaban J connectivity index is 2.34.